The van der Waals surface area contributed by atoms with Crippen molar-refractivity contribution < 1.29 is 27.1 Å². The van der Waals surface area contributed by atoms with Gasteiger partial charge in [0.1, 0.15) is 16.5 Å². The van der Waals surface area contributed by atoms with Crippen LogP contribution in [0.2, 0.25) is 0 Å². The number of carbonyl (C=O) groups is 1. The molecule has 1 fully saturated rings. The van der Waals surface area contributed by atoms with Gasteiger partial charge >= 0.3 is 5.97 Å². The molecule has 0 atom stereocenters. The Balaban J connectivity index is 0.00000312. The predicted octanol–water partition coefficient (Wildman–Crippen LogP) is 1.95. The van der Waals surface area contributed by atoms with Gasteiger partial charge < -0.3 is 10.0 Å². The van der Waals surface area contributed by atoms with Gasteiger partial charge in [0, 0.05) is 38.7 Å². The highest BCUT2D eigenvalue weighted by Crippen LogP contribution is 2.21. The normalized spacial score (nSPS) is 16.4. The number of nitrogens with zero attached hydrogens (tertiary/aromatic N) is 2. The van der Waals surface area contributed by atoms with Crippen molar-refractivity contribution in [3.8, 4) is 0 Å². The quantitative estimate of drug-likeness (QED) is 0.710. The summed E-state index contributed by atoms with van der Waals surface area (Å²) in [5.74, 6) is -2.74. The number of unbranched alkanes of at least 4 members (excludes halogenated alkanes) is 1. The maximum absolute atomic E-state index is 13.7. The molecule has 1 heterocycles. The summed E-state index contributed by atoms with van der Waals surface area (Å²) in [5.41, 5.74) is 0. The minimum Gasteiger partial charge on any atom is -0.481 e. The molecule has 0 spiro atoms. The average molecular weight is 399 g/mol. The van der Waals surface area contributed by atoms with Gasteiger partial charge in [0.25, 0.3) is 0 Å². The lowest BCUT2D eigenvalue weighted by molar-refractivity contribution is -0.137. The summed E-state index contributed by atoms with van der Waals surface area (Å²) in [6.45, 7) is 2.13. The number of carboxylic acid groups (broad SMARTS) is 1. The molecule has 1 aromatic carbocycles. The molecular weight excluding hydrogens is 378 g/mol. The molecule has 0 radical (unpaired) electrons. The van der Waals surface area contributed by atoms with E-state index in [1.807, 2.05) is 0 Å². The van der Waals surface area contributed by atoms with Crippen molar-refractivity contribution in [2.45, 2.75) is 24.2 Å². The molecule has 1 aliphatic heterocycles. The van der Waals surface area contributed by atoms with Crippen LogP contribution in [0.25, 0.3) is 0 Å². The fourth-order valence-electron chi connectivity index (χ4n) is 2.63. The lowest BCUT2D eigenvalue weighted by Gasteiger charge is -2.34. The van der Waals surface area contributed by atoms with E-state index in [1.54, 1.807) is 0 Å². The topological polar surface area (TPSA) is 77.9 Å². The number of rotatable bonds is 7. The molecular formula is C15H21ClF2N2O4S. The second kappa shape index (κ2) is 9.42. The van der Waals surface area contributed by atoms with Gasteiger partial charge in [-0.15, -0.1) is 12.4 Å². The number of halogens is 3. The largest absolute Gasteiger partial charge is 0.481 e. The molecule has 0 aromatic heterocycles. The summed E-state index contributed by atoms with van der Waals surface area (Å²) < 4.78 is 52.8. The molecule has 0 amide bonds. The SMILES string of the molecule is Cl.O=C(O)CCCCN1CCN(S(=O)(=O)c2ccc(F)cc2F)CC1. The van der Waals surface area contributed by atoms with E-state index in [0.29, 0.717) is 32.1 Å². The second-order valence-corrected chi connectivity index (χ2v) is 7.58. The van der Waals surface area contributed by atoms with E-state index in [9.17, 15) is 22.0 Å². The predicted molar refractivity (Wildman–Crippen MR) is 90.3 cm³/mol. The molecule has 25 heavy (non-hydrogen) atoms. The van der Waals surface area contributed by atoms with Gasteiger partial charge in [-0.05, 0) is 31.5 Å². The van der Waals surface area contributed by atoms with Crippen molar-refractivity contribution in [3.63, 3.8) is 0 Å². The van der Waals surface area contributed by atoms with Crippen molar-refractivity contribution in [1.29, 1.82) is 0 Å². The Morgan fingerprint density at radius 3 is 2.32 bits per heavy atom. The van der Waals surface area contributed by atoms with Crippen LogP contribution in [-0.2, 0) is 14.8 Å². The van der Waals surface area contributed by atoms with Crippen molar-refractivity contribution in [2.24, 2.45) is 0 Å². The summed E-state index contributed by atoms with van der Waals surface area (Å²) in [5, 5.41) is 8.58. The molecule has 0 bridgehead atoms. The summed E-state index contributed by atoms with van der Waals surface area (Å²) >= 11 is 0. The molecule has 2 rings (SSSR count). The van der Waals surface area contributed by atoms with E-state index in [1.165, 1.54) is 4.31 Å². The van der Waals surface area contributed by atoms with E-state index in [2.05, 4.69) is 4.90 Å². The Hall–Kier alpha value is -1.29. The highest BCUT2D eigenvalue weighted by Gasteiger charge is 2.30. The van der Waals surface area contributed by atoms with E-state index >= 15 is 0 Å². The Morgan fingerprint density at radius 1 is 1.12 bits per heavy atom. The highest BCUT2D eigenvalue weighted by atomic mass is 35.5. The Bertz CT molecular complexity index is 695. The molecule has 0 saturated carbocycles. The molecule has 10 heteroatoms. The zero-order chi connectivity index (χ0) is 17.7. The van der Waals surface area contributed by atoms with Crippen LogP contribution in [0.5, 0.6) is 0 Å². The third-order valence-electron chi connectivity index (χ3n) is 3.96. The van der Waals surface area contributed by atoms with Crippen molar-refractivity contribution >= 4 is 28.4 Å². The third kappa shape index (κ3) is 5.88. The lowest BCUT2D eigenvalue weighted by atomic mass is 10.2. The van der Waals surface area contributed by atoms with E-state index in [-0.39, 0.29) is 31.9 Å². The van der Waals surface area contributed by atoms with Crippen molar-refractivity contribution in [3.05, 3.63) is 29.8 Å². The zero-order valence-corrected chi connectivity index (χ0v) is 15.2. The smallest absolute Gasteiger partial charge is 0.303 e. The summed E-state index contributed by atoms with van der Waals surface area (Å²) in [7, 11) is -3.98. The number of piperazine rings is 1. The molecule has 0 aliphatic carbocycles. The van der Waals surface area contributed by atoms with Crippen LogP contribution in [0.1, 0.15) is 19.3 Å². The standard InChI is InChI=1S/C15H20F2N2O4S.ClH/c16-12-4-5-14(13(17)11-12)24(22,23)19-9-7-18(8-10-19)6-2-1-3-15(20)21;/h4-5,11H,1-3,6-10H2,(H,20,21);1H. The molecule has 142 valence electrons. The average Bonchev–Trinajstić information content (AvgIpc) is 2.51. The minimum atomic E-state index is -3.98. The maximum atomic E-state index is 13.7. The number of aliphatic carboxylic acids is 1. The van der Waals surface area contributed by atoms with E-state index in [0.717, 1.165) is 18.6 Å². The fourth-order valence-corrected chi connectivity index (χ4v) is 4.10. The van der Waals surface area contributed by atoms with Gasteiger partial charge in [-0.1, -0.05) is 0 Å². The minimum absolute atomic E-state index is 0. The molecule has 1 saturated heterocycles. The van der Waals surface area contributed by atoms with Crippen LogP contribution in [0.3, 0.4) is 0 Å². The fraction of sp³-hybridized carbons (Fsp3) is 0.533. The first-order valence-corrected chi connectivity index (χ1v) is 9.14. The van der Waals surface area contributed by atoms with Crippen LogP contribution in [0.15, 0.2) is 23.1 Å². The molecule has 1 aromatic rings. The number of carboxylic acids is 1. The maximum Gasteiger partial charge on any atom is 0.303 e. The Labute approximate surface area is 151 Å². The number of hydrogen-bond donors (Lipinski definition) is 1. The number of hydrogen-bond acceptors (Lipinski definition) is 4. The lowest BCUT2D eigenvalue weighted by Crippen LogP contribution is -2.48. The van der Waals surface area contributed by atoms with Crippen LogP contribution in [0.4, 0.5) is 8.78 Å². The summed E-state index contributed by atoms with van der Waals surface area (Å²) in [6, 6.07) is 2.43. The molecule has 6 nitrogen and oxygen atoms in total. The van der Waals surface area contributed by atoms with Gasteiger partial charge in [0.2, 0.25) is 10.0 Å². The first-order valence-electron chi connectivity index (χ1n) is 7.70. The van der Waals surface area contributed by atoms with Gasteiger partial charge in [0.05, 0.1) is 0 Å². The molecule has 1 aliphatic rings. The van der Waals surface area contributed by atoms with E-state index < -0.39 is 32.5 Å². The number of sulfonamides is 1. The van der Waals surface area contributed by atoms with Crippen LogP contribution >= 0.6 is 12.4 Å². The van der Waals surface area contributed by atoms with Crippen LogP contribution < -0.4 is 0 Å². The zero-order valence-electron chi connectivity index (χ0n) is 13.5. The Morgan fingerprint density at radius 2 is 1.76 bits per heavy atom. The van der Waals surface area contributed by atoms with Gasteiger partial charge in [0.15, 0.2) is 0 Å². The third-order valence-corrected chi connectivity index (χ3v) is 5.89. The Kier molecular flexibility index (Phi) is 8.20. The number of benzene rings is 1. The van der Waals surface area contributed by atoms with E-state index in [4.69, 9.17) is 5.11 Å². The molecule has 0 unspecified atom stereocenters. The summed E-state index contributed by atoms with van der Waals surface area (Å²) in [6.07, 6.45) is 1.43. The second-order valence-electron chi connectivity index (χ2n) is 5.67. The first kappa shape index (κ1) is 21.8. The van der Waals surface area contributed by atoms with Gasteiger partial charge in [-0.25, -0.2) is 17.2 Å². The summed E-state index contributed by atoms with van der Waals surface area (Å²) in [4.78, 5) is 12.0. The highest BCUT2D eigenvalue weighted by molar-refractivity contribution is 7.89. The van der Waals surface area contributed by atoms with Crippen LogP contribution in [-0.4, -0.2) is 61.4 Å². The molecule has 1 N–H and O–H groups in total. The van der Waals surface area contributed by atoms with Gasteiger partial charge in [-0.2, -0.15) is 4.31 Å². The van der Waals surface area contributed by atoms with Crippen molar-refractivity contribution in [2.75, 3.05) is 32.7 Å². The van der Waals surface area contributed by atoms with Crippen LogP contribution in [0, 0.1) is 11.6 Å². The van der Waals surface area contributed by atoms with Gasteiger partial charge in [-0.3, -0.25) is 4.79 Å². The first-order chi connectivity index (χ1) is 11.3. The van der Waals surface area contributed by atoms with Crippen molar-refractivity contribution in [1.82, 2.24) is 9.21 Å². The monoisotopic (exact) mass is 398 g/mol.